The van der Waals surface area contributed by atoms with Crippen molar-refractivity contribution in [2.24, 2.45) is 0 Å². The van der Waals surface area contributed by atoms with E-state index >= 15 is 0 Å². The van der Waals surface area contributed by atoms with Crippen LogP contribution >= 0.6 is 0 Å². The molecule has 0 aliphatic carbocycles. The largest absolute Gasteiger partial charge is 0.439 e. The van der Waals surface area contributed by atoms with Crippen molar-refractivity contribution in [3.63, 3.8) is 0 Å². The van der Waals surface area contributed by atoms with Crippen molar-refractivity contribution >= 4 is 5.82 Å². The Kier molecular flexibility index (Phi) is 4.23. The van der Waals surface area contributed by atoms with E-state index in [0.717, 1.165) is 30.0 Å². The van der Waals surface area contributed by atoms with Gasteiger partial charge in [0.05, 0.1) is 5.56 Å². The maximum atomic E-state index is 5.93. The molecule has 0 radical (unpaired) electrons. The highest BCUT2D eigenvalue weighted by molar-refractivity contribution is 5.46. The average molecular weight is 271 g/mol. The molecule has 0 saturated carbocycles. The lowest BCUT2D eigenvalue weighted by Crippen LogP contribution is -2.05. The number of nitrogen functional groups attached to an aromatic ring is 1. The molecular weight excluding hydrogens is 250 g/mol. The summed E-state index contributed by atoms with van der Waals surface area (Å²) in [6.07, 6.45) is 1.78. The Morgan fingerprint density at radius 3 is 2.50 bits per heavy atom. The first kappa shape index (κ1) is 14.3. The number of aromatic nitrogens is 2. The SMILES string of the molecule is CCCc1nc(N)c(C)c(Oc2ccc(C)c(C)c2)n1. The Balaban J connectivity index is 2.34. The lowest BCUT2D eigenvalue weighted by Gasteiger charge is -2.12. The predicted molar refractivity (Wildman–Crippen MR) is 81.2 cm³/mol. The molecule has 1 aromatic carbocycles. The van der Waals surface area contributed by atoms with Crippen LogP contribution in [0.2, 0.25) is 0 Å². The maximum Gasteiger partial charge on any atom is 0.227 e. The van der Waals surface area contributed by atoms with E-state index in [-0.39, 0.29) is 0 Å². The number of hydrogen-bond donors (Lipinski definition) is 1. The molecule has 2 N–H and O–H groups in total. The second-order valence-electron chi connectivity index (χ2n) is 5.05. The topological polar surface area (TPSA) is 61.0 Å². The van der Waals surface area contributed by atoms with E-state index < -0.39 is 0 Å². The maximum absolute atomic E-state index is 5.93. The molecule has 0 atom stereocenters. The zero-order chi connectivity index (χ0) is 14.7. The number of hydrogen-bond acceptors (Lipinski definition) is 4. The molecule has 1 heterocycles. The van der Waals surface area contributed by atoms with Crippen molar-refractivity contribution in [3.05, 3.63) is 40.7 Å². The predicted octanol–water partition coefficient (Wildman–Crippen LogP) is 3.73. The Bertz CT molecular complexity index is 623. The minimum Gasteiger partial charge on any atom is -0.439 e. The number of aryl methyl sites for hydroxylation is 3. The number of rotatable bonds is 4. The molecule has 0 unspecified atom stereocenters. The van der Waals surface area contributed by atoms with Gasteiger partial charge < -0.3 is 10.5 Å². The van der Waals surface area contributed by atoms with E-state index in [1.807, 2.05) is 25.1 Å². The number of benzene rings is 1. The summed E-state index contributed by atoms with van der Waals surface area (Å²) in [7, 11) is 0. The molecule has 2 aromatic rings. The molecule has 4 nitrogen and oxygen atoms in total. The van der Waals surface area contributed by atoms with Crippen LogP contribution < -0.4 is 10.5 Å². The van der Waals surface area contributed by atoms with Gasteiger partial charge in [-0.1, -0.05) is 13.0 Å². The molecule has 0 saturated heterocycles. The number of nitrogens with zero attached hydrogens (tertiary/aromatic N) is 2. The number of nitrogens with two attached hydrogens (primary N) is 1. The lowest BCUT2D eigenvalue weighted by atomic mass is 10.1. The van der Waals surface area contributed by atoms with Crippen molar-refractivity contribution in [2.45, 2.75) is 40.5 Å². The first-order chi connectivity index (χ1) is 9.51. The summed E-state index contributed by atoms with van der Waals surface area (Å²) < 4.78 is 5.88. The third kappa shape index (κ3) is 3.07. The zero-order valence-corrected chi connectivity index (χ0v) is 12.5. The third-order valence-electron chi connectivity index (χ3n) is 3.35. The Labute approximate surface area is 120 Å². The number of anilines is 1. The van der Waals surface area contributed by atoms with Crippen LogP contribution in [0.25, 0.3) is 0 Å². The third-order valence-corrected chi connectivity index (χ3v) is 3.35. The van der Waals surface area contributed by atoms with Crippen LogP contribution in [0, 0.1) is 20.8 Å². The lowest BCUT2D eigenvalue weighted by molar-refractivity contribution is 0.454. The monoisotopic (exact) mass is 271 g/mol. The molecule has 0 aliphatic rings. The Morgan fingerprint density at radius 2 is 1.85 bits per heavy atom. The smallest absolute Gasteiger partial charge is 0.227 e. The second-order valence-corrected chi connectivity index (χ2v) is 5.05. The molecule has 1 aromatic heterocycles. The van der Waals surface area contributed by atoms with Crippen LogP contribution in [-0.4, -0.2) is 9.97 Å². The van der Waals surface area contributed by atoms with E-state index in [1.165, 1.54) is 11.1 Å². The Morgan fingerprint density at radius 1 is 1.10 bits per heavy atom. The molecule has 0 fully saturated rings. The van der Waals surface area contributed by atoms with E-state index in [2.05, 4.69) is 30.7 Å². The first-order valence-corrected chi connectivity index (χ1v) is 6.89. The summed E-state index contributed by atoms with van der Waals surface area (Å²) in [6.45, 7) is 8.10. The van der Waals surface area contributed by atoms with E-state index in [4.69, 9.17) is 10.5 Å². The summed E-state index contributed by atoms with van der Waals surface area (Å²) in [6, 6.07) is 5.99. The molecule has 0 bridgehead atoms. The molecular formula is C16H21N3O. The second kappa shape index (κ2) is 5.90. The zero-order valence-electron chi connectivity index (χ0n) is 12.5. The van der Waals surface area contributed by atoms with Crippen molar-refractivity contribution in [3.8, 4) is 11.6 Å². The van der Waals surface area contributed by atoms with Crippen LogP contribution in [0.4, 0.5) is 5.82 Å². The van der Waals surface area contributed by atoms with Crippen molar-refractivity contribution in [2.75, 3.05) is 5.73 Å². The van der Waals surface area contributed by atoms with Crippen LogP contribution in [0.15, 0.2) is 18.2 Å². The highest BCUT2D eigenvalue weighted by Gasteiger charge is 2.11. The average Bonchev–Trinajstić information content (AvgIpc) is 2.40. The van der Waals surface area contributed by atoms with Crippen molar-refractivity contribution < 1.29 is 4.74 Å². The van der Waals surface area contributed by atoms with Gasteiger partial charge in [0.1, 0.15) is 17.4 Å². The summed E-state index contributed by atoms with van der Waals surface area (Å²) in [5, 5.41) is 0. The van der Waals surface area contributed by atoms with Gasteiger partial charge in [-0.25, -0.2) is 4.98 Å². The van der Waals surface area contributed by atoms with Gasteiger partial charge in [0, 0.05) is 6.42 Å². The molecule has 20 heavy (non-hydrogen) atoms. The van der Waals surface area contributed by atoms with Crippen LogP contribution in [0.1, 0.15) is 35.9 Å². The molecule has 0 aliphatic heterocycles. The van der Waals surface area contributed by atoms with Gasteiger partial charge in [0.25, 0.3) is 0 Å². The minimum absolute atomic E-state index is 0.488. The van der Waals surface area contributed by atoms with Gasteiger partial charge >= 0.3 is 0 Å². The molecule has 2 rings (SSSR count). The van der Waals surface area contributed by atoms with Gasteiger partial charge in [-0.05, 0) is 50.5 Å². The van der Waals surface area contributed by atoms with Crippen molar-refractivity contribution in [1.29, 1.82) is 0 Å². The van der Waals surface area contributed by atoms with Gasteiger partial charge in [0.2, 0.25) is 5.88 Å². The van der Waals surface area contributed by atoms with Crippen molar-refractivity contribution in [1.82, 2.24) is 9.97 Å². The molecule has 106 valence electrons. The van der Waals surface area contributed by atoms with Gasteiger partial charge in [-0.2, -0.15) is 4.98 Å². The van der Waals surface area contributed by atoms with E-state index in [0.29, 0.717) is 11.7 Å². The normalized spacial score (nSPS) is 10.6. The van der Waals surface area contributed by atoms with Crippen LogP contribution in [0.3, 0.4) is 0 Å². The summed E-state index contributed by atoms with van der Waals surface area (Å²) in [5.74, 6) is 2.54. The molecule has 0 amide bonds. The van der Waals surface area contributed by atoms with Gasteiger partial charge in [-0.3, -0.25) is 0 Å². The standard InChI is InChI=1S/C16H21N3O/c1-5-6-14-18-15(17)12(4)16(19-14)20-13-8-7-10(2)11(3)9-13/h7-9H,5-6H2,1-4H3,(H2,17,18,19). The minimum atomic E-state index is 0.488. The first-order valence-electron chi connectivity index (χ1n) is 6.89. The number of ether oxygens (including phenoxy) is 1. The fourth-order valence-electron chi connectivity index (χ4n) is 1.88. The Hall–Kier alpha value is -2.10. The highest BCUT2D eigenvalue weighted by Crippen LogP contribution is 2.27. The quantitative estimate of drug-likeness (QED) is 0.920. The highest BCUT2D eigenvalue weighted by atomic mass is 16.5. The summed E-state index contributed by atoms with van der Waals surface area (Å²) in [5.41, 5.74) is 9.14. The van der Waals surface area contributed by atoms with Gasteiger partial charge in [0.15, 0.2) is 0 Å². The van der Waals surface area contributed by atoms with Crippen LogP contribution in [-0.2, 0) is 6.42 Å². The van der Waals surface area contributed by atoms with Crippen LogP contribution in [0.5, 0.6) is 11.6 Å². The summed E-state index contributed by atoms with van der Waals surface area (Å²) in [4.78, 5) is 8.74. The van der Waals surface area contributed by atoms with Gasteiger partial charge in [-0.15, -0.1) is 0 Å². The molecule has 4 heteroatoms. The fraction of sp³-hybridized carbons (Fsp3) is 0.375. The van der Waals surface area contributed by atoms with E-state index in [9.17, 15) is 0 Å². The molecule has 0 spiro atoms. The summed E-state index contributed by atoms with van der Waals surface area (Å²) >= 11 is 0. The fourth-order valence-corrected chi connectivity index (χ4v) is 1.88. The van der Waals surface area contributed by atoms with E-state index in [1.54, 1.807) is 0 Å².